The van der Waals surface area contributed by atoms with Crippen molar-refractivity contribution in [2.75, 3.05) is 33.9 Å². The van der Waals surface area contributed by atoms with E-state index in [0.717, 1.165) is 11.3 Å². The molecule has 5 heteroatoms. The van der Waals surface area contributed by atoms with Crippen LogP contribution >= 0.6 is 0 Å². The summed E-state index contributed by atoms with van der Waals surface area (Å²) in [4.78, 5) is 11.6. The molecule has 0 radical (unpaired) electrons. The summed E-state index contributed by atoms with van der Waals surface area (Å²) in [5, 5.41) is 5.90. The molecule has 0 saturated carbocycles. The standard InChI is InChI=1S/C15H24N2O3/c1-11-5-6-14(13(9-11)12(2)16-3)20-10-15(18)17-7-8-19-4/h5-6,9,12,16H,7-8,10H2,1-4H3,(H,17,18). The van der Waals surface area contributed by atoms with Gasteiger partial charge in [-0.2, -0.15) is 0 Å². The highest BCUT2D eigenvalue weighted by molar-refractivity contribution is 5.77. The molecule has 2 N–H and O–H groups in total. The van der Waals surface area contributed by atoms with Crippen molar-refractivity contribution < 1.29 is 14.3 Å². The summed E-state index contributed by atoms with van der Waals surface area (Å²) >= 11 is 0. The second kappa shape index (κ2) is 8.55. The fourth-order valence-electron chi connectivity index (χ4n) is 1.78. The first-order chi connectivity index (χ1) is 9.58. The number of methoxy groups -OCH3 is 1. The van der Waals surface area contributed by atoms with E-state index in [4.69, 9.17) is 9.47 Å². The van der Waals surface area contributed by atoms with E-state index < -0.39 is 0 Å². The van der Waals surface area contributed by atoms with Gasteiger partial charge in [0.2, 0.25) is 0 Å². The molecule has 5 nitrogen and oxygen atoms in total. The Bertz CT molecular complexity index is 435. The number of benzene rings is 1. The van der Waals surface area contributed by atoms with E-state index in [1.165, 1.54) is 5.56 Å². The Morgan fingerprint density at radius 3 is 2.80 bits per heavy atom. The normalized spacial score (nSPS) is 12.0. The average Bonchev–Trinajstić information content (AvgIpc) is 2.45. The first kappa shape index (κ1) is 16.5. The molecule has 20 heavy (non-hydrogen) atoms. The zero-order valence-corrected chi connectivity index (χ0v) is 12.7. The lowest BCUT2D eigenvalue weighted by Gasteiger charge is -2.17. The molecule has 0 aliphatic carbocycles. The minimum atomic E-state index is -0.148. The Morgan fingerprint density at radius 1 is 1.40 bits per heavy atom. The molecule has 1 aromatic rings. The molecule has 1 amide bonds. The molecule has 0 aliphatic rings. The lowest BCUT2D eigenvalue weighted by molar-refractivity contribution is -0.123. The van der Waals surface area contributed by atoms with Gasteiger partial charge in [0.05, 0.1) is 6.61 Å². The quantitative estimate of drug-likeness (QED) is 0.707. The maximum atomic E-state index is 11.6. The predicted molar refractivity (Wildman–Crippen MR) is 79.0 cm³/mol. The van der Waals surface area contributed by atoms with Crippen molar-refractivity contribution in [3.05, 3.63) is 29.3 Å². The monoisotopic (exact) mass is 280 g/mol. The molecule has 112 valence electrons. The third-order valence-corrected chi connectivity index (χ3v) is 3.05. The van der Waals surface area contributed by atoms with Crippen LogP contribution in [0.4, 0.5) is 0 Å². The fourth-order valence-corrected chi connectivity index (χ4v) is 1.78. The SMILES string of the molecule is CNC(C)c1cc(C)ccc1OCC(=O)NCCOC. The van der Waals surface area contributed by atoms with Crippen LogP contribution in [0.5, 0.6) is 5.75 Å². The summed E-state index contributed by atoms with van der Waals surface area (Å²) in [6.07, 6.45) is 0. The topological polar surface area (TPSA) is 59.6 Å². The van der Waals surface area contributed by atoms with Crippen LogP contribution in [0.15, 0.2) is 18.2 Å². The maximum Gasteiger partial charge on any atom is 0.258 e. The lowest BCUT2D eigenvalue weighted by Crippen LogP contribution is -2.31. The number of carbonyl (C=O) groups is 1. The summed E-state index contributed by atoms with van der Waals surface area (Å²) in [6, 6.07) is 6.12. The van der Waals surface area contributed by atoms with Crippen LogP contribution in [0.2, 0.25) is 0 Å². The van der Waals surface area contributed by atoms with Gasteiger partial charge in [0, 0.05) is 25.3 Å². The Labute approximate surface area is 120 Å². The van der Waals surface area contributed by atoms with Crippen molar-refractivity contribution in [1.29, 1.82) is 0 Å². The summed E-state index contributed by atoms with van der Waals surface area (Å²) in [5.74, 6) is 0.588. The van der Waals surface area contributed by atoms with E-state index >= 15 is 0 Å². The van der Waals surface area contributed by atoms with Gasteiger partial charge in [0.1, 0.15) is 5.75 Å². The highest BCUT2D eigenvalue weighted by Gasteiger charge is 2.11. The van der Waals surface area contributed by atoms with Gasteiger partial charge in [-0.3, -0.25) is 4.79 Å². The highest BCUT2D eigenvalue weighted by atomic mass is 16.5. The van der Waals surface area contributed by atoms with Crippen LogP contribution in [0.3, 0.4) is 0 Å². The third kappa shape index (κ3) is 5.19. The average molecular weight is 280 g/mol. The largest absolute Gasteiger partial charge is 0.483 e. The molecular formula is C15H24N2O3. The van der Waals surface area contributed by atoms with Crippen LogP contribution in [-0.4, -0.2) is 39.8 Å². The molecular weight excluding hydrogens is 256 g/mol. The van der Waals surface area contributed by atoms with Crippen LogP contribution in [0.25, 0.3) is 0 Å². The highest BCUT2D eigenvalue weighted by Crippen LogP contribution is 2.26. The van der Waals surface area contributed by atoms with Gasteiger partial charge in [-0.15, -0.1) is 0 Å². The van der Waals surface area contributed by atoms with Crippen molar-refractivity contribution in [3.63, 3.8) is 0 Å². The molecule has 0 aromatic heterocycles. The molecule has 0 saturated heterocycles. The summed E-state index contributed by atoms with van der Waals surface area (Å²) in [6.45, 7) is 5.09. The Hall–Kier alpha value is -1.59. The number of rotatable bonds is 8. The Kier molecular flexibility index (Phi) is 7.04. The van der Waals surface area contributed by atoms with Crippen molar-refractivity contribution in [1.82, 2.24) is 10.6 Å². The number of aryl methyl sites for hydroxylation is 1. The van der Waals surface area contributed by atoms with E-state index in [9.17, 15) is 4.79 Å². The minimum Gasteiger partial charge on any atom is -0.483 e. The molecule has 1 unspecified atom stereocenters. The Morgan fingerprint density at radius 2 is 2.15 bits per heavy atom. The van der Waals surface area contributed by atoms with E-state index in [-0.39, 0.29) is 18.6 Å². The van der Waals surface area contributed by atoms with Gasteiger partial charge in [-0.05, 0) is 27.0 Å². The van der Waals surface area contributed by atoms with Crippen LogP contribution in [-0.2, 0) is 9.53 Å². The van der Waals surface area contributed by atoms with Crippen LogP contribution in [0, 0.1) is 6.92 Å². The summed E-state index contributed by atoms with van der Waals surface area (Å²) in [5.41, 5.74) is 2.22. The second-order valence-electron chi connectivity index (χ2n) is 4.68. The number of hydrogen-bond donors (Lipinski definition) is 2. The van der Waals surface area contributed by atoms with Gasteiger partial charge < -0.3 is 20.1 Å². The molecule has 1 rings (SSSR count). The molecule has 0 bridgehead atoms. The van der Waals surface area contributed by atoms with Gasteiger partial charge >= 0.3 is 0 Å². The van der Waals surface area contributed by atoms with E-state index in [2.05, 4.69) is 23.6 Å². The predicted octanol–water partition coefficient (Wildman–Crippen LogP) is 1.42. The molecule has 0 aliphatic heterocycles. The van der Waals surface area contributed by atoms with Crippen LogP contribution in [0.1, 0.15) is 24.1 Å². The molecule has 0 heterocycles. The zero-order chi connectivity index (χ0) is 15.0. The lowest BCUT2D eigenvalue weighted by atomic mass is 10.0. The second-order valence-corrected chi connectivity index (χ2v) is 4.68. The zero-order valence-electron chi connectivity index (χ0n) is 12.7. The number of amides is 1. The first-order valence-corrected chi connectivity index (χ1v) is 6.74. The Balaban J connectivity index is 2.61. The van der Waals surface area contributed by atoms with Crippen LogP contribution < -0.4 is 15.4 Å². The number of hydrogen-bond acceptors (Lipinski definition) is 4. The molecule has 0 spiro atoms. The van der Waals surface area contributed by atoms with Crippen molar-refractivity contribution in [3.8, 4) is 5.75 Å². The smallest absolute Gasteiger partial charge is 0.258 e. The molecule has 1 atom stereocenters. The minimum absolute atomic E-state index is 0.0101. The number of carbonyl (C=O) groups excluding carboxylic acids is 1. The summed E-state index contributed by atoms with van der Waals surface area (Å²) < 4.78 is 10.5. The van der Waals surface area contributed by atoms with Crippen molar-refractivity contribution >= 4 is 5.91 Å². The van der Waals surface area contributed by atoms with E-state index in [1.54, 1.807) is 7.11 Å². The van der Waals surface area contributed by atoms with Crippen molar-refractivity contribution in [2.45, 2.75) is 19.9 Å². The van der Waals surface area contributed by atoms with Gasteiger partial charge in [-0.25, -0.2) is 0 Å². The maximum absolute atomic E-state index is 11.6. The van der Waals surface area contributed by atoms with Gasteiger partial charge in [0.15, 0.2) is 6.61 Å². The third-order valence-electron chi connectivity index (χ3n) is 3.05. The van der Waals surface area contributed by atoms with E-state index in [0.29, 0.717) is 13.2 Å². The molecule has 0 fully saturated rings. The van der Waals surface area contributed by atoms with Gasteiger partial charge in [-0.1, -0.05) is 17.7 Å². The molecule has 1 aromatic carbocycles. The number of nitrogens with one attached hydrogen (secondary N) is 2. The first-order valence-electron chi connectivity index (χ1n) is 6.74. The van der Waals surface area contributed by atoms with E-state index in [1.807, 2.05) is 26.1 Å². The van der Waals surface area contributed by atoms with Crippen molar-refractivity contribution in [2.24, 2.45) is 0 Å². The fraction of sp³-hybridized carbons (Fsp3) is 0.533. The summed E-state index contributed by atoms with van der Waals surface area (Å²) in [7, 11) is 3.49. The van der Waals surface area contributed by atoms with Gasteiger partial charge in [0.25, 0.3) is 5.91 Å². The number of ether oxygens (including phenoxy) is 2.